The molecule has 0 amide bonds. The van der Waals surface area contributed by atoms with Gasteiger partial charge in [-0.2, -0.15) is 8.42 Å². The minimum absolute atomic E-state index is 0.0280. The van der Waals surface area contributed by atoms with Gasteiger partial charge in [0.1, 0.15) is 30.5 Å². The maximum atomic E-state index is 12.1. The van der Waals surface area contributed by atoms with Crippen molar-refractivity contribution in [1.82, 2.24) is 0 Å². The third-order valence-electron chi connectivity index (χ3n) is 7.11. The summed E-state index contributed by atoms with van der Waals surface area (Å²) in [5.74, 6) is -0.456. The van der Waals surface area contributed by atoms with Crippen LogP contribution in [0, 0.1) is 0 Å². The minimum atomic E-state index is -5.04. The minimum Gasteiger partial charge on any atom is -0.457 e. The fourth-order valence-electron chi connectivity index (χ4n) is 4.70. The highest BCUT2D eigenvalue weighted by atomic mass is 32.3. The van der Waals surface area contributed by atoms with Crippen molar-refractivity contribution >= 4 is 16.4 Å². The van der Waals surface area contributed by atoms with E-state index < -0.39 is 59.8 Å². The van der Waals surface area contributed by atoms with E-state index in [4.69, 9.17) is 23.5 Å². The lowest BCUT2D eigenvalue weighted by Crippen LogP contribution is -2.60. The van der Waals surface area contributed by atoms with Crippen molar-refractivity contribution in [1.29, 1.82) is 0 Å². The number of ether oxygens (including phenoxy) is 4. The van der Waals surface area contributed by atoms with Crippen molar-refractivity contribution in [2.75, 3.05) is 26.4 Å². The lowest BCUT2D eigenvalue weighted by atomic mass is 9.99. The highest BCUT2D eigenvalue weighted by Gasteiger charge is 2.48. The van der Waals surface area contributed by atoms with Crippen LogP contribution in [0.3, 0.4) is 0 Å². The van der Waals surface area contributed by atoms with Crippen molar-refractivity contribution in [3.05, 3.63) is 12.2 Å². The molecule has 0 spiro atoms. The second-order valence-corrected chi connectivity index (χ2v) is 12.1. The normalized spacial score (nSPS) is 23.5. The molecule has 1 fully saturated rings. The van der Waals surface area contributed by atoms with Gasteiger partial charge in [0.2, 0.25) is 0 Å². The van der Waals surface area contributed by atoms with Gasteiger partial charge in [0.15, 0.2) is 6.29 Å². The van der Waals surface area contributed by atoms with Gasteiger partial charge < -0.3 is 34.3 Å². The molecule has 0 saturated carbocycles. The molecule has 13 heteroatoms. The van der Waals surface area contributed by atoms with E-state index >= 15 is 0 Å². The molecule has 12 nitrogen and oxygen atoms in total. The van der Waals surface area contributed by atoms with Crippen molar-refractivity contribution in [3.63, 3.8) is 0 Å². The number of hydrogen-bond acceptors (Lipinski definition) is 11. The topological polar surface area (TPSA) is 178 Å². The molecule has 6 unspecified atom stereocenters. The molecule has 1 rings (SSSR count). The summed E-state index contributed by atoms with van der Waals surface area (Å²) in [4.78, 5) is 12.1. The molecule has 0 aliphatic carbocycles. The van der Waals surface area contributed by atoms with Crippen LogP contribution in [0.5, 0.6) is 0 Å². The number of aliphatic hydroxyl groups is 3. The van der Waals surface area contributed by atoms with Crippen LogP contribution in [0.2, 0.25) is 0 Å². The molecule has 0 radical (unpaired) electrons. The Balaban J connectivity index is 2.35. The lowest BCUT2D eigenvalue weighted by molar-refractivity contribution is -0.301. The van der Waals surface area contributed by atoms with Gasteiger partial charge in [-0.05, 0) is 38.5 Å². The Morgan fingerprint density at radius 3 is 2.05 bits per heavy atom. The summed E-state index contributed by atoms with van der Waals surface area (Å²) in [5.41, 5.74) is 0. The Hall–Kier alpha value is -1.16. The largest absolute Gasteiger partial charge is 0.457 e. The average molecular weight is 641 g/mol. The number of aliphatic hydroxyl groups excluding tert-OH is 3. The van der Waals surface area contributed by atoms with Gasteiger partial charge in [-0.25, -0.2) is 4.18 Å². The quantitative estimate of drug-likeness (QED) is 0.0463. The zero-order valence-corrected chi connectivity index (χ0v) is 26.8. The Bertz CT molecular complexity index is 837. The third-order valence-corrected chi connectivity index (χ3v) is 7.57. The van der Waals surface area contributed by atoms with Crippen molar-refractivity contribution in [3.8, 4) is 0 Å². The number of hydrogen-bond donors (Lipinski definition) is 4. The molecule has 1 heterocycles. The number of unbranched alkanes of at least 4 members (excludes halogenated alkanes) is 11. The zero-order chi connectivity index (χ0) is 31.9. The van der Waals surface area contributed by atoms with E-state index in [0.29, 0.717) is 13.0 Å². The summed E-state index contributed by atoms with van der Waals surface area (Å²) in [5, 5.41) is 30.1. The van der Waals surface area contributed by atoms with Gasteiger partial charge in [-0.15, -0.1) is 0 Å². The monoisotopic (exact) mass is 640 g/mol. The van der Waals surface area contributed by atoms with Crippen LogP contribution in [-0.4, -0.2) is 97.5 Å². The summed E-state index contributed by atoms with van der Waals surface area (Å²) in [6, 6.07) is 0. The molecular formula is C30H56O12S. The van der Waals surface area contributed by atoms with Crippen LogP contribution in [-0.2, 0) is 38.3 Å². The first-order valence-corrected chi connectivity index (χ1v) is 17.3. The summed E-state index contributed by atoms with van der Waals surface area (Å²) >= 11 is 0. The van der Waals surface area contributed by atoms with Gasteiger partial charge in [0, 0.05) is 13.0 Å². The predicted molar refractivity (Wildman–Crippen MR) is 161 cm³/mol. The van der Waals surface area contributed by atoms with Crippen LogP contribution in [0.25, 0.3) is 0 Å². The molecule has 43 heavy (non-hydrogen) atoms. The van der Waals surface area contributed by atoms with E-state index in [0.717, 1.165) is 25.7 Å². The van der Waals surface area contributed by atoms with Gasteiger partial charge in [-0.1, -0.05) is 77.4 Å². The van der Waals surface area contributed by atoms with Gasteiger partial charge in [-0.3, -0.25) is 9.35 Å². The summed E-state index contributed by atoms with van der Waals surface area (Å²) < 4.78 is 57.7. The highest BCUT2D eigenvalue weighted by Crippen LogP contribution is 2.25. The molecule has 254 valence electrons. The molecular weight excluding hydrogens is 584 g/mol. The number of allylic oxidation sites excluding steroid dienone is 2. The van der Waals surface area contributed by atoms with Crippen LogP contribution in [0.4, 0.5) is 0 Å². The fourth-order valence-corrected chi connectivity index (χ4v) is 5.21. The number of rotatable bonds is 26. The van der Waals surface area contributed by atoms with Gasteiger partial charge in [0.25, 0.3) is 0 Å². The molecule has 0 aromatic carbocycles. The SMILES string of the molecule is CCCCCCC/C=C\CCCCCCCCOCC(COC1OC(CO)C(O)C(OS(=O)(=O)O)C1O)OC(=O)CCC. The summed E-state index contributed by atoms with van der Waals surface area (Å²) in [7, 11) is -5.04. The Morgan fingerprint density at radius 1 is 0.860 bits per heavy atom. The van der Waals surface area contributed by atoms with Crippen molar-refractivity contribution in [2.24, 2.45) is 0 Å². The molecule has 4 N–H and O–H groups in total. The Morgan fingerprint density at radius 2 is 1.47 bits per heavy atom. The first-order valence-electron chi connectivity index (χ1n) is 15.9. The first-order chi connectivity index (χ1) is 20.6. The van der Waals surface area contributed by atoms with E-state index in [2.05, 4.69) is 23.3 Å². The second kappa shape index (κ2) is 24.1. The van der Waals surface area contributed by atoms with E-state index in [1.807, 2.05) is 6.92 Å². The summed E-state index contributed by atoms with van der Waals surface area (Å²) in [6.45, 7) is 3.54. The first kappa shape index (κ1) is 39.9. The lowest BCUT2D eigenvalue weighted by Gasteiger charge is -2.41. The molecule has 1 aliphatic heterocycles. The number of carbonyl (C=O) groups is 1. The Labute approximate surface area is 258 Å². The zero-order valence-electron chi connectivity index (χ0n) is 26.0. The molecule has 0 aromatic heterocycles. The smallest absolute Gasteiger partial charge is 0.397 e. The predicted octanol–water partition coefficient (Wildman–Crippen LogP) is 4.01. The molecule has 0 bridgehead atoms. The number of esters is 1. The number of carbonyl (C=O) groups excluding carboxylic acids is 1. The van der Waals surface area contributed by atoms with E-state index in [9.17, 15) is 28.5 Å². The average Bonchev–Trinajstić information content (AvgIpc) is 2.95. The van der Waals surface area contributed by atoms with Gasteiger partial charge >= 0.3 is 16.4 Å². The second-order valence-electron chi connectivity index (χ2n) is 11.0. The molecule has 6 atom stereocenters. The van der Waals surface area contributed by atoms with Crippen LogP contribution in [0.1, 0.15) is 110 Å². The molecule has 1 saturated heterocycles. The van der Waals surface area contributed by atoms with Crippen LogP contribution in [0.15, 0.2) is 12.2 Å². The van der Waals surface area contributed by atoms with E-state index in [1.54, 1.807) is 0 Å². The standard InChI is InChI=1S/C30H56O12S/c1-3-5-6-7-8-9-10-11-12-13-14-15-16-17-18-20-38-22-24(40-26(32)19-4-2)23-39-30-28(34)29(42-43(35,36)37)27(33)25(21-31)41-30/h10-11,24-25,27-31,33-34H,3-9,12-23H2,1-2H3,(H,35,36,37)/b11-10-. The van der Waals surface area contributed by atoms with E-state index in [-0.39, 0.29) is 19.6 Å². The van der Waals surface area contributed by atoms with Crippen LogP contribution < -0.4 is 0 Å². The highest BCUT2D eigenvalue weighted by molar-refractivity contribution is 7.80. The van der Waals surface area contributed by atoms with Crippen molar-refractivity contribution in [2.45, 2.75) is 147 Å². The van der Waals surface area contributed by atoms with Crippen molar-refractivity contribution < 1.29 is 56.2 Å². The molecule has 0 aromatic rings. The van der Waals surface area contributed by atoms with Gasteiger partial charge in [0.05, 0.1) is 19.8 Å². The summed E-state index contributed by atoms with van der Waals surface area (Å²) in [6.07, 6.45) is 11.6. The maximum absolute atomic E-state index is 12.1. The Kier molecular flexibility index (Phi) is 22.4. The molecule has 1 aliphatic rings. The fraction of sp³-hybridized carbons (Fsp3) is 0.900. The van der Waals surface area contributed by atoms with Crippen LogP contribution >= 0.6 is 0 Å². The maximum Gasteiger partial charge on any atom is 0.397 e. The third kappa shape index (κ3) is 19.1. The van der Waals surface area contributed by atoms with E-state index in [1.165, 1.54) is 57.8 Å².